The van der Waals surface area contributed by atoms with E-state index in [1.54, 1.807) is 18.2 Å². The predicted molar refractivity (Wildman–Crippen MR) is 123 cm³/mol. The van der Waals surface area contributed by atoms with Crippen LogP contribution in [0.15, 0.2) is 42.5 Å². The molecule has 2 aromatic rings. The van der Waals surface area contributed by atoms with Crippen molar-refractivity contribution in [2.24, 2.45) is 0 Å². The summed E-state index contributed by atoms with van der Waals surface area (Å²) < 4.78 is 17.5. The maximum Gasteiger partial charge on any atom is 0.185 e. The van der Waals surface area contributed by atoms with Gasteiger partial charge >= 0.3 is 0 Å². The lowest BCUT2D eigenvalue weighted by atomic mass is 10.0. The molecule has 0 amide bonds. The molecule has 4 heteroatoms. The van der Waals surface area contributed by atoms with Gasteiger partial charge in [0.25, 0.3) is 0 Å². The Balaban J connectivity index is 2.34. The fourth-order valence-corrected chi connectivity index (χ4v) is 3.08. The average molecular weight is 411 g/mol. The van der Waals surface area contributed by atoms with Gasteiger partial charge in [-0.05, 0) is 89.1 Å². The van der Waals surface area contributed by atoms with Crippen molar-refractivity contribution in [3.8, 4) is 17.2 Å². The lowest BCUT2D eigenvalue weighted by molar-refractivity contribution is 0.104. The van der Waals surface area contributed by atoms with Crippen molar-refractivity contribution in [3.63, 3.8) is 0 Å². The fourth-order valence-electron chi connectivity index (χ4n) is 3.08. The molecule has 0 unspecified atom stereocenters. The van der Waals surface area contributed by atoms with Gasteiger partial charge in [-0.2, -0.15) is 0 Å². The van der Waals surface area contributed by atoms with Crippen molar-refractivity contribution in [1.29, 1.82) is 0 Å². The monoisotopic (exact) mass is 410 g/mol. The molecule has 0 aromatic heterocycles. The molecule has 0 aliphatic carbocycles. The highest BCUT2D eigenvalue weighted by Gasteiger charge is 2.13. The smallest absolute Gasteiger partial charge is 0.185 e. The van der Waals surface area contributed by atoms with Crippen LogP contribution in [0, 0.1) is 0 Å². The summed E-state index contributed by atoms with van der Waals surface area (Å²) in [4.78, 5) is 12.7. The zero-order valence-electron chi connectivity index (χ0n) is 19.0. The molecule has 2 rings (SSSR count). The molecule has 0 fully saturated rings. The quantitative estimate of drug-likeness (QED) is 0.313. The SMILES string of the molecule is CCCc1cc(/C=C/C(=O)c2ccc(OCC)cc2)c(OC(C)C)cc1OC(C)C. The zero-order valence-corrected chi connectivity index (χ0v) is 19.0. The van der Waals surface area contributed by atoms with E-state index >= 15 is 0 Å². The molecule has 0 N–H and O–H groups in total. The van der Waals surface area contributed by atoms with E-state index in [0.717, 1.165) is 41.2 Å². The van der Waals surface area contributed by atoms with Gasteiger partial charge in [0, 0.05) is 17.2 Å². The Morgan fingerprint density at radius 2 is 1.57 bits per heavy atom. The van der Waals surface area contributed by atoms with E-state index in [-0.39, 0.29) is 18.0 Å². The number of ketones is 1. The number of aryl methyl sites for hydroxylation is 1. The van der Waals surface area contributed by atoms with Crippen LogP contribution >= 0.6 is 0 Å². The van der Waals surface area contributed by atoms with Crippen molar-refractivity contribution >= 4 is 11.9 Å². The van der Waals surface area contributed by atoms with E-state index < -0.39 is 0 Å². The third-order valence-corrected chi connectivity index (χ3v) is 4.30. The molecule has 0 spiro atoms. The van der Waals surface area contributed by atoms with Gasteiger partial charge in [0.05, 0.1) is 18.8 Å². The molecule has 0 saturated carbocycles. The Bertz CT molecular complexity index is 848. The molecule has 30 heavy (non-hydrogen) atoms. The van der Waals surface area contributed by atoms with Crippen LogP contribution in [-0.2, 0) is 6.42 Å². The standard InChI is InChI=1S/C26H34O4/c1-7-9-21-16-22(26(30-19(5)6)17-25(21)29-18(3)4)12-15-24(27)20-10-13-23(14-11-20)28-8-2/h10-19H,7-9H2,1-6H3/b15-12+. The largest absolute Gasteiger partial charge is 0.494 e. The first-order chi connectivity index (χ1) is 14.3. The molecule has 4 nitrogen and oxygen atoms in total. The minimum atomic E-state index is -0.0620. The average Bonchev–Trinajstić information content (AvgIpc) is 2.68. The van der Waals surface area contributed by atoms with Gasteiger partial charge in [0.1, 0.15) is 17.2 Å². The molecule has 0 bridgehead atoms. The van der Waals surface area contributed by atoms with Crippen molar-refractivity contribution in [3.05, 3.63) is 59.2 Å². The van der Waals surface area contributed by atoms with Crippen LogP contribution in [0.1, 0.15) is 69.4 Å². The maximum absolute atomic E-state index is 12.7. The molecular weight excluding hydrogens is 376 g/mol. The molecule has 0 saturated heterocycles. The summed E-state index contributed by atoms with van der Waals surface area (Å²) in [5.74, 6) is 2.26. The van der Waals surface area contributed by atoms with E-state index in [9.17, 15) is 4.79 Å². The lowest BCUT2D eigenvalue weighted by Crippen LogP contribution is -2.10. The van der Waals surface area contributed by atoms with Crippen molar-refractivity contribution in [2.45, 2.75) is 66.6 Å². The highest BCUT2D eigenvalue weighted by Crippen LogP contribution is 2.33. The third-order valence-electron chi connectivity index (χ3n) is 4.30. The molecule has 0 aliphatic heterocycles. The summed E-state index contributed by atoms with van der Waals surface area (Å²) in [7, 11) is 0. The number of carbonyl (C=O) groups is 1. The lowest BCUT2D eigenvalue weighted by Gasteiger charge is -2.19. The Hall–Kier alpha value is -2.75. The Kier molecular flexibility index (Phi) is 8.97. The van der Waals surface area contributed by atoms with Gasteiger partial charge in [-0.25, -0.2) is 0 Å². The topological polar surface area (TPSA) is 44.8 Å². The maximum atomic E-state index is 12.7. The van der Waals surface area contributed by atoms with Crippen LogP contribution in [0.5, 0.6) is 17.2 Å². The van der Waals surface area contributed by atoms with E-state index in [4.69, 9.17) is 14.2 Å². The summed E-state index contributed by atoms with van der Waals surface area (Å²) in [6.45, 7) is 12.7. The number of rotatable bonds is 11. The van der Waals surface area contributed by atoms with Gasteiger partial charge in [0.2, 0.25) is 0 Å². The molecular formula is C26H34O4. The summed E-state index contributed by atoms with van der Waals surface area (Å²) in [5, 5.41) is 0. The number of allylic oxidation sites excluding steroid dienone is 1. The highest BCUT2D eigenvalue weighted by molar-refractivity contribution is 6.07. The third kappa shape index (κ3) is 6.94. The van der Waals surface area contributed by atoms with Gasteiger partial charge in [0.15, 0.2) is 5.78 Å². The number of hydrogen-bond donors (Lipinski definition) is 0. The first-order valence-corrected chi connectivity index (χ1v) is 10.8. The van der Waals surface area contributed by atoms with Crippen LogP contribution in [0.4, 0.5) is 0 Å². The van der Waals surface area contributed by atoms with E-state index in [2.05, 4.69) is 13.0 Å². The zero-order chi connectivity index (χ0) is 22.1. The second-order valence-corrected chi connectivity index (χ2v) is 7.74. The molecule has 2 aromatic carbocycles. The predicted octanol–water partition coefficient (Wildman–Crippen LogP) is 6.51. The number of hydrogen-bond acceptors (Lipinski definition) is 4. The van der Waals surface area contributed by atoms with Crippen molar-refractivity contribution < 1.29 is 19.0 Å². The van der Waals surface area contributed by atoms with E-state index in [0.29, 0.717) is 12.2 Å². The fraction of sp³-hybridized carbons (Fsp3) is 0.423. The summed E-state index contributed by atoms with van der Waals surface area (Å²) in [6.07, 6.45) is 5.43. The van der Waals surface area contributed by atoms with E-state index in [1.165, 1.54) is 0 Å². The summed E-state index contributed by atoms with van der Waals surface area (Å²) in [5.41, 5.74) is 2.62. The first kappa shape index (κ1) is 23.5. The van der Waals surface area contributed by atoms with Crippen molar-refractivity contribution in [2.75, 3.05) is 6.61 Å². The molecule has 0 aliphatic rings. The van der Waals surface area contributed by atoms with Crippen LogP contribution in [0.2, 0.25) is 0 Å². The normalized spacial score (nSPS) is 11.3. The molecule has 0 heterocycles. The minimum Gasteiger partial charge on any atom is -0.494 e. The van der Waals surface area contributed by atoms with Crippen LogP contribution < -0.4 is 14.2 Å². The second-order valence-electron chi connectivity index (χ2n) is 7.74. The summed E-state index contributed by atoms with van der Waals surface area (Å²) >= 11 is 0. The highest BCUT2D eigenvalue weighted by atomic mass is 16.5. The molecule has 0 radical (unpaired) electrons. The number of ether oxygens (including phenoxy) is 3. The second kappa shape index (κ2) is 11.4. The van der Waals surface area contributed by atoms with Crippen molar-refractivity contribution in [1.82, 2.24) is 0 Å². The van der Waals surface area contributed by atoms with Crippen LogP contribution in [0.25, 0.3) is 6.08 Å². The minimum absolute atomic E-state index is 0.0166. The molecule has 0 atom stereocenters. The number of carbonyl (C=O) groups excluding carboxylic acids is 1. The van der Waals surface area contributed by atoms with Gasteiger partial charge in [-0.3, -0.25) is 4.79 Å². The van der Waals surface area contributed by atoms with Gasteiger partial charge < -0.3 is 14.2 Å². The van der Waals surface area contributed by atoms with Crippen LogP contribution in [-0.4, -0.2) is 24.6 Å². The van der Waals surface area contributed by atoms with Gasteiger partial charge in [-0.1, -0.05) is 13.3 Å². The Labute approximate surface area is 180 Å². The first-order valence-electron chi connectivity index (χ1n) is 10.8. The Morgan fingerprint density at radius 1 is 0.933 bits per heavy atom. The van der Waals surface area contributed by atoms with Gasteiger partial charge in [-0.15, -0.1) is 0 Å². The van der Waals surface area contributed by atoms with E-state index in [1.807, 2.05) is 58.9 Å². The summed E-state index contributed by atoms with van der Waals surface area (Å²) in [6, 6.07) is 11.2. The van der Waals surface area contributed by atoms with Crippen LogP contribution in [0.3, 0.4) is 0 Å². The number of benzene rings is 2. The molecule has 162 valence electrons. The Morgan fingerprint density at radius 3 is 2.13 bits per heavy atom.